The lowest BCUT2D eigenvalue weighted by Gasteiger charge is -2.27. The first-order chi connectivity index (χ1) is 6.26. The highest BCUT2D eigenvalue weighted by atomic mass is 32.2. The third-order valence-electron chi connectivity index (χ3n) is 2.17. The lowest BCUT2D eigenvalue weighted by Crippen LogP contribution is -2.37. The van der Waals surface area contributed by atoms with Crippen LogP contribution in [-0.4, -0.2) is 32.2 Å². The van der Waals surface area contributed by atoms with E-state index in [-0.39, 0.29) is 5.54 Å². The molecule has 0 bridgehead atoms. The van der Waals surface area contributed by atoms with E-state index in [4.69, 9.17) is 10.3 Å². The Balaban J connectivity index is 4.10. The lowest BCUT2D eigenvalue weighted by molar-refractivity contribution is 0.298. The van der Waals surface area contributed by atoms with Crippen LogP contribution in [0.5, 0.6) is 0 Å². The monoisotopic (exact) mass is 222 g/mol. The standard InChI is InChI=1S/C9H22N2O2S/c1-5-8(6-9(2,3)10)7-11(4)14(12)13/h8H,5-7,10H2,1-4H3,(H,12,13). The van der Waals surface area contributed by atoms with Crippen molar-refractivity contribution in [2.45, 2.75) is 39.2 Å². The van der Waals surface area contributed by atoms with Crippen LogP contribution in [0.3, 0.4) is 0 Å². The fraction of sp³-hybridized carbons (Fsp3) is 1.00. The smallest absolute Gasteiger partial charge is 0.234 e. The topological polar surface area (TPSA) is 66.6 Å². The number of hydrogen-bond acceptors (Lipinski definition) is 2. The lowest BCUT2D eigenvalue weighted by atomic mass is 9.90. The molecule has 0 saturated heterocycles. The summed E-state index contributed by atoms with van der Waals surface area (Å²) in [5.41, 5.74) is 5.70. The first kappa shape index (κ1) is 14.0. The molecule has 0 radical (unpaired) electrons. The van der Waals surface area contributed by atoms with Crippen molar-refractivity contribution in [3.8, 4) is 0 Å². The highest BCUT2D eigenvalue weighted by Gasteiger charge is 2.20. The van der Waals surface area contributed by atoms with Crippen molar-refractivity contribution in [1.29, 1.82) is 0 Å². The summed E-state index contributed by atoms with van der Waals surface area (Å²) in [6.45, 7) is 6.64. The van der Waals surface area contributed by atoms with Crippen LogP contribution >= 0.6 is 0 Å². The molecule has 2 atom stereocenters. The molecule has 0 aliphatic rings. The van der Waals surface area contributed by atoms with Crippen molar-refractivity contribution in [3.05, 3.63) is 0 Å². The first-order valence-electron chi connectivity index (χ1n) is 4.87. The van der Waals surface area contributed by atoms with E-state index in [0.717, 1.165) is 12.8 Å². The molecular formula is C9H22N2O2S. The van der Waals surface area contributed by atoms with Crippen LogP contribution in [-0.2, 0) is 11.3 Å². The minimum Gasteiger partial charge on any atom is -0.326 e. The molecule has 0 aliphatic heterocycles. The van der Waals surface area contributed by atoms with Crippen molar-refractivity contribution in [3.63, 3.8) is 0 Å². The van der Waals surface area contributed by atoms with Gasteiger partial charge >= 0.3 is 0 Å². The van der Waals surface area contributed by atoms with Crippen LogP contribution in [0.1, 0.15) is 33.6 Å². The molecule has 3 N–H and O–H groups in total. The molecule has 0 heterocycles. The molecule has 0 aromatic rings. The summed E-state index contributed by atoms with van der Waals surface area (Å²) in [7, 11) is 1.64. The second kappa shape index (κ2) is 5.80. The highest BCUT2D eigenvalue weighted by molar-refractivity contribution is 7.76. The molecular weight excluding hydrogens is 200 g/mol. The summed E-state index contributed by atoms with van der Waals surface area (Å²) in [4.78, 5) is 0. The third-order valence-corrected chi connectivity index (χ3v) is 2.86. The van der Waals surface area contributed by atoms with E-state index in [0.29, 0.717) is 12.5 Å². The minimum atomic E-state index is -1.87. The zero-order valence-electron chi connectivity index (χ0n) is 9.49. The van der Waals surface area contributed by atoms with E-state index in [1.165, 1.54) is 4.31 Å². The number of nitrogens with two attached hydrogens (primary N) is 1. The molecule has 14 heavy (non-hydrogen) atoms. The summed E-state index contributed by atoms with van der Waals surface area (Å²) in [6, 6.07) is 0. The van der Waals surface area contributed by atoms with Crippen LogP contribution < -0.4 is 5.73 Å². The Morgan fingerprint density at radius 2 is 2.07 bits per heavy atom. The molecule has 2 unspecified atom stereocenters. The second-order valence-electron chi connectivity index (χ2n) is 4.51. The molecule has 0 rings (SSSR count). The van der Waals surface area contributed by atoms with Crippen LogP contribution in [0, 0.1) is 5.92 Å². The minimum absolute atomic E-state index is 0.210. The van der Waals surface area contributed by atoms with E-state index in [9.17, 15) is 4.21 Å². The van der Waals surface area contributed by atoms with Gasteiger partial charge in [-0.1, -0.05) is 13.3 Å². The Morgan fingerprint density at radius 1 is 1.57 bits per heavy atom. The maximum atomic E-state index is 10.7. The van der Waals surface area contributed by atoms with E-state index >= 15 is 0 Å². The van der Waals surface area contributed by atoms with E-state index in [1.54, 1.807) is 7.05 Å². The van der Waals surface area contributed by atoms with Crippen molar-refractivity contribution in [1.82, 2.24) is 4.31 Å². The predicted octanol–water partition coefficient (Wildman–Crippen LogP) is 1.21. The number of hydrogen-bond donors (Lipinski definition) is 2. The van der Waals surface area contributed by atoms with Gasteiger partial charge in [0, 0.05) is 19.1 Å². The zero-order chi connectivity index (χ0) is 11.4. The van der Waals surface area contributed by atoms with Crippen molar-refractivity contribution in [2.75, 3.05) is 13.6 Å². The van der Waals surface area contributed by atoms with Crippen molar-refractivity contribution < 1.29 is 8.76 Å². The van der Waals surface area contributed by atoms with E-state index < -0.39 is 11.3 Å². The quantitative estimate of drug-likeness (QED) is 0.664. The van der Waals surface area contributed by atoms with Crippen LogP contribution in [0.25, 0.3) is 0 Å². The molecule has 86 valence electrons. The van der Waals surface area contributed by atoms with E-state index in [1.807, 2.05) is 13.8 Å². The molecule has 0 fully saturated rings. The Labute approximate surface area is 89.3 Å². The summed E-state index contributed by atoms with van der Waals surface area (Å²) in [5.74, 6) is 0.371. The SMILES string of the molecule is CCC(CN(C)S(=O)O)CC(C)(C)N. The molecule has 0 aromatic heterocycles. The summed E-state index contributed by atoms with van der Waals surface area (Å²) >= 11 is -1.87. The van der Waals surface area contributed by atoms with Crippen LogP contribution in [0.15, 0.2) is 0 Å². The summed E-state index contributed by atoms with van der Waals surface area (Å²) in [5, 5.41) is 0. The molecule has 5 heteroatoms. The molecule has 0 saturated carbocycles. The van der Waals surface area contributed by atoms with Gasteiger partial charge in [0.05, 0.1) is 0 Å². The van der Waals surface area contributed by atoms with Crippen molar-refractivity contribution >= 4 is 11.3 Å². The van der Waals surface area contributed by atoms with Crippen molar-refractivity contribution in [2.24, 2.45) is 11.7 Å². The Morgan fingerprint density at radius 3 is 2.36 bits per heavy atom. The van der Waals surface area contributed by atoms with Gasteiger partial charge in [-0.15, -0.1) is 0 Å². The molecule has 0 spiro atoms. The maximum absolute atomic E-state index is 10.7. The van der Waals surface area contributed by atoms with Crippen LogP contribution in [0.2, 0.25) is 0 Å². The average molecular weight is 222 g/mol. The van der Waals surface area contributed by atoms with Gasteiger partial charge in [0.15, 0.2) is 0 Å². The Kier molecular flexibility index (Phi) is 5.81. The Hall–Kier alpha value is 0.0300. The fourth-order valence-corrected chi connectivity index (χ4v) is 1.85. The third kappa shape index (κ3) is 6.48. The highest BCUT2D eigenvalue weighted by Crippen LogP contribution is 2.18. The largest absolute Gasteiger partial charge is 0.326 e. The number of nitrogens with zero attached hydrogens (tertiary/aromatic N) is 1. The second-order valence-corrected chi connectivity index (χ2v) is 5.59. The van der Waals surface area contributed by atoms with Gasteiger partial charge in [0.25, 0.3) is 0 Å². The molecule has 0 amide bonds. The van der Waals surface area contributed by atoms with Crippen LogP contribution in [0.4, 0.5) is 0 Å². The molecule has 4 nitrogen and oxygen atoms in total. The Bertz CT molecular complexity index is 192. The number of rotatable bonds is 6. The molecule has 0 aromatic carbocycles. The molecule has 0 aliphatic carbocycles. The summed E-state index contributed by atoms with van der Waals surface area (Å²) in [6.07, 6.45) is 1.84. The van der Waals surface area contributed by atoms with E-state index in [2.05, 4.69) is 6.92 Å². The summed E-state index contributed by atoms with van der Waals surface area (Å²) < 4.78 is 21.0. The predicted molar refractivity (Wildman–Crippen MR) is 60.1 cm³/mol. The van der Waals surface area contributed by atoms with Gasteiger partial charge in [-0.3, -0.25) is 4.55 Å². The first-order valence-corrected chi connectivity index (χ1v) is 5.93. The average Bonchev–Trinajstić information content (AvgIpc) is 2.00. The van der Waals surface area contributed by atoms with Gasteiger partial charge in [0.1, 0.15) is 0 Å². The van der Waals surface area contributed by atoms with Gasteiger partial charge in [-0.25, -0.2) is 8.51 Å². The normalized spacial score (nSPS) is 17.1. The fourth-order valence-electron chi connectivity index (χ4n) is 1.51. The van der Waals surface area contributed by atoms with Gasteiger partial charge < -0.3 is 5.73 Å². The van der Waals surface area contributed by atoms with Gasteiger partial charge in [-0.05, 0) is 26.2 Å². The van der Waals surface area contributed by atoms with Gasteiger partial charge in [-0.2, -0.15) is 0 Å². The zero-order valence-corrected chi connectivity index (χ0v) is 10.3. The maximum Gasteiger partial charge on any atom is 0.234 e. The van der Waals surface area contributed by atoms with Gasteiger partial charge in [0.2, 0.25) is 11.3 Å².